The number of piperazine rings is 1. The topological polar surface area (TPSA) is 108 Å². The number of carbonyl (C=O) groups is 2. The fourth-order valence-corrected chi connectivity index (χ4v) is 4.34. The Balaban J connectivity index is 0.00000261. The van der Waals surface area contributed by atoms with Crippen molar-refractivity contribution in [1.29, 1.82) is 0 Å². The molecular weight excluding hydrogens is 392 g/mol. The van der Waals surface area contributed by atoms with Crippen molar-refractivity contribution in [3.63, 3.8) is 0 Å². The van der Waals surface area contributed by atoms with E-state index in [4.69, 9.17) is 0 Å². The molecule has 3 N–H and O–H groups in total. The van der Waals surface area contributed by atoms with Gasteiger partial charge < -0.3 is 16.0 Å². The first-order valence-corrected chi connectivity index (χ1v) is 9.94. The zero-order chi connectivity index (χ0) is 18.6. The van der Waals surface area contributed by atoms with Crippen molar-refractivity contribution in [1.82, 2.24) is 20.3 Å². The van der Waals surface area contributed by atoms with Gasteiger partial charge in [0.15, 0.2) is 0 Å². The van der Waals surface area contributed by atoms with E-state index in [-0.39, 0.29) is 54.3 Å². The quantitative estimate of drug-likeness (QED) is 0.582. The van der Waals surface area contributed by atoms with Crippen LogP contribution in [0.25, 0.3) is 0 Å². The third kappa shape index (κ3) is 5.29. The number of halogens is 1. The molecule has 10 heteroatoms. The first-order chi connectivity index (χ1) is 12.5. The average molecular weight is 415 g/mol. The summed E-state index contributed by atoms with van der Waals surface area (Å²) in [6, 6.07) is 5.91. The maximum absolute atomic E-state index is 12.7. The van der Waals surface area contributed by atoms with Gasteiger partial charge in [-0.2, -0.15) is 4.31 Å². The van der Waals surface area contributed by atoms with Gasteiger partial charge in [-0.05, 0) is 31.2 Å². The molecule has 2 aliphatic heterocycles. The SMILES string of the molecule is Cl.O=C1CN(S(=O)(=O)c2cccc(C(=O)NCC3=CCNCC3)c2)CCN1. The highest BCUT2D eigenvalue weighted by atomic mass is 35.5. The smallest absolute Gasteiger partial charge is 0.251 e. The van der Waals surface area contributed by atoms with Gasteiger partial charge in [-0.3, -0.25) is 9.59 Å². The van der Waals surface area contributed by atoms with E-state index < -0.39 is 10.0 Å². The van der Waals surface area contributed by atoms with Gasteiger partial charge in [-0.25, -0.2) is 8.42 Å². The van der Waals surface area contributed by atoms with Gasteiger partial charge in [0.25, 0.3) is 5.91 Å². The van der Waals surface area contributed by atoms with Gasteiger partial charge in [-0.15, -0.1) is 12.4 Å². The first-order valence-electron chi connectivity index (χ1n) is 8.50. The van der Waals surface area contributed by atoms with E-state index in [1.54, 1.807) is 6.07 Å². The molecule has 1 fully saturated rings. The third-order valence-electron chi connectivity index (χ3n) is 4.37. The summed E-state index contributed by atoms with van der Waals surface area (Å²) in [5.41, 5.74) is 1.43. The van der Waals surface area contributed by atoms with Crippen LogP contribution >= 0.6 is 12.4 Å². The first kappa shape index (κ1) is 21.4. The van der Waals surface area contributed by atoms with E-state index in [0.717, 1.165) is 29.4 Å². The number of benzene rings is 1. The van der Waals surface area contributed by atoms with Crippen molar-refractivity contribution < 1.29 is 18.0 Å². The summed E-state index contributed by atoms with van der Waals surface area (Å²) >= 11 is 0. The van der Waals surface area contributed by atoms with E-state index in [2.05, 4.69) is 16.0 Å². The molecule has 27 heavy (non-hydrogen) atoms. The van der Waals surface area contributed by atoms with Gasteiger partial charge in [0.1, 0.15) is 0 Å². The van der Waals surface area contributed by atoms with Crippen LogP contribution in [0.5, 0.6) is 0 Å². The van der Waals surface area contributed by atoms with Crippen LogP contribution in [0.3, 0.4) is 0 Å². The lowest BCUT2D eigenvalue weighted by molar-refractivity contribution is -0.122. The molecule has 0 spiro atoms. The lowest BCUT2D eigenvalue weighted by Gasteiger charge is -2.26. The molecule has 1 aromatic rings. The molecule has 0 unspecified atom stereocenters. The van der Waals surface area contributed by atoms with E-state index >= 15 is 0 Å². The molecule has 2 amide bonds. The third-order valence-corrected chi connectivity index (χ3v) is 6.21. The van der Waals surface area contributed by atoms with Crippen LogP contribution in [0.4, 0.5) is 0 Å². The minimum atomic E-state index is -3.81. The number of nitrogens with zero attached hydrogens (tertiary/aromatic N) is 1. The zero-order valence-electron chi connectivity index (χ0n) is 14.7. The summed E-state index contributed by atoms with van der Waals surface area (Å²) in [5, 5.41) is 8.62. The number of rotatable bonds is 5. The molecule has 0 aromatic heterocycles. The second kappa shape index (κ2) is 9.32. The maximum atomic E-state index is 12.7. The predicted molar refractivity (Wildman–Crippen MR) is 103 cm³/mol. The fraction of sp³-hybridized carbons (Fsp3) is 0.412. The summed E-state index contributed by atoms with van der Waals surface area (Å²) < 4.78 is 26.5. The number of nitrogens with one attached hydrogen (secondary N) is 3. The van der Waals surface area contributed by atoms with Gasteiger partial charge >= 0.3 is 0 Å². The molecule has 1 saturated heterocycles. The number of hydrogen-bond donors (Lipinski definition) is 3. The lowest BCUT2D eigenvalue weighted by atomic mass is 10.1. The number of hydrogen-bond acceptors (Lipinski definition) is 5. The van der Waals surface area contributed by atoms with Crippen LogP contribution in [0.15, 0.2) is 40.8 Å². The second-order valence-corrected chi connectivity index (χ2v) is 8.15. The molecule has 8 nitrogen and oxygen atoms in total. The standard InChI is InChI=1S/C17H22N4O4S.ClH/c22-16-12-21(9-8-19-16)26(24,25)15-3-1-2-14(10-15)17(23)20-11-13-4-6-18-7-5-13;/h1-4,10,18H,5-9,11-12H2,(H,19,22)(H,20,23);1H. The minimum absolute atomic E-state index is 0. The summed E-state index contributed by atoms with van der Waals surface area (Å²) in [7, 11) is -3.81. The normalized spacial score (nSPS) is 18.1. The monoisotopic (exact) mass is 414 g/mol. The van der Waals surface area contributed by atoms with Crippen molar-refractivity contribution in [2.24, 2.45) is 0 Å². The average Bonchev–Trinajstić information content (AvgIpc) is 2.67. The van der Waals surface area contributed by atoms with Crippen LogP contribution in [0.1, 0.15) is 16.8 Å². The second-order valence-electron chi connectivity index (χ2n) is 6.22. The molecule has 2 heterocycles. The van der Waals surface area contributed by atoms with Crippen LogP contribution < -0.4 is 16.0 Å². The fourth-order valence-electron chi connectivity index (χ4n) is 2.89. The molecule has 0 atom stereocenters. The largest absolute Gasteiger partial charge is 0.354 e. The van der Waals surface area contributed by atoms with Crippen LogP contribution in [-0.2, 0) is 14.8 Å². The van der Waals surface area contributed by atoms with Gasteiger partial charge in [0, 0.05) is 31.7 Å². The van der Waals surface area contributed by atoms with Crippen molar-refractivity contribution >= 4 is 34.2 Å². The molecule has 148 valence electrons. The number of sulfonamides is 1. The summed E-state index contributed by atoms with van der Waals surface area (Å²) in [5.74, 6) is -0.651. The maximum Gasteiger partial charge on any atom is 0.251 e. The van der Waals surface area contributed by atoms with E-state index in [1.807, 2.05) is 6.08 Å². The Morgan fingerprint density at radius 2 is 2.07 bits per heavy atom. The van der Waals surface area contributed by atoms with E-state index in [0.29, 0.717) is 6.54 Å². The Kier molecular flexibility index (Phi) is 7.37. The van der Waals surface area contributed by atoms with Crippen molar-refractivity contribution in [3.05, 3.63) is 41.5 Å². The number of amides is 2. The van der Waals surface area contributed by atoms with E-state index in [9.17, 15) is 18.0 Å². The Hall–Kier alpha value is -1.94. The van der Waals surface area contributed by atoms with Crippen LogP contribution in [0.2, 0.25) is 0 Å². The minimum Gasteiger partial charge on any atom is -0.354 e. The summed E-state index contributed by atoms with van der Waals surface area (Å²) in [6.45, 7) is 2.42. The highest BCUT2D eigenvalue weighted by molar-refractivity contribution is 7.89. The van der Waals surface area contributed by atoms with Gasteiger partial charge in [0.2, 0.25) is 15.9 Å². The van der Waals surface area contributed by atoms with Crippen LogP contribution in [-0.4, -0.2) is 63.8 Å². The van der Waals surface area contributed by atoms with E-state index in [1.165, 1.54) is 18.2 Å². The molecule has 0 aliphatic carbocycles. The molecule has 3 rings (SSSR count). The molecule has 0 bridgehead atoms. The highest BCUT2D eigenvalue weighted by Gasteiger charge is 2.29. The molecule has 0 saturated carbocycles. The zero-order valence-corrected chi connectivity index (χ0v) is 16.4. The summed E-state index contributed by atoms with van der Waals surface area (Å²) in [6.07, 6.45) is 2.93. The predicted octanol–water partition coefficient (Wildman–Crippen LogP) is -0.122. The van der Waals surface area contributed by atoms with Gasteiger partial charge in [-0.1, -0.05) is 17.7 Å². The Morgan fingerprint density at radius 1 is 1.26 bits per heavy atom. The van der Waals surface area contributed by atoms with Crippen molar-refractivity contribution in [2.75, 3.05) is 39.3 Å². The van der Waals surface area contributed by atoms with Gasteiger partial charge in [0.05, 0.1) is 11.4 Å². The van der Waals surface area contributed by atoms with Crippen LogP contribution in [0, 0.1) is 0 Å². The van der Waals surface area contributed by atoms with Crippen molar-refractivity contribution in [2.45, 2.75) is 11.3 Å². The molecule has 0 radical (unpaired) electrons. The molecular formula is C17H23ClN4O4S. The van der Waals surface area contributed by atoms with Crippen molar-refractivity contribution in [3.8, 4) is 0 Å². The highest BCUT2D eigenvalue weighted by Crippen LogP contribution is 2.18. The lowest BCUT2D eigenvalue weighted by Crippen LogP contribution is -2.49. The number of carbonyl (C=O) groups excluding carboxylic acids is 2. The Bertz CT molecular complexity index is 841. The molecule has 1 aromatic carbocycles. The molecule has 2 aliphatic rings. The Morgan fingerprint density at radius 3 is 2.78 bits per heavy atom. The Labute approximate surface area is 164 Å². The summed E-state index contributed by atoms with van der Waals surface area (Å²) in [4.78, 5) is 23.9.